The van der Waals surface area contributed by atoms with Crippen LogP contribution in [0.4, 0.5) is 5.69 Å². The molecule has 2 N–H and O–H groups in total. The van der Waals surface area contributed by atoms with E-state index < -0.39 is 0 Å². The molecule has 0 amide bonds. The maximum atomic E-state index is 7.57. The van der Waals surface area contributed by atoms with Gasteiger partial charge in [0.25, 0.3) is 0 Å². The van der Waals surface area contributed by atoms with Gasteiger partial charge in [-0.3, -0.25) is 0 Å². The first-order valence-electron chi connectivity index (χ1n) is 4.07. The molecule has 0 saturated carbocycles. The average Bonchev–Trinajstić information content (AvgIpc) is 2.52. The van der Waals surface area contributed by atoms with Gasteiger partial charge in [-0.15, -0.1) is 5.69 Å². The van der Waals surface area contributed by atoms with Crippen molar-refractivity contribution in [2.24, 2.45) is 0 Å². The van der Waals surface area contributed by atoms with E-state index in [1.54, 1.807) is 25.3 Å². The largest absolute Gasteiger partial charge is 0.699 e. The fourth-order valence-corrected chi connectivity index (χ4v) is 0.955. The van der Waals surface area contributed by atoms with Crippen molar-refractivity contribution >= 4 is 16.7 Å². The molecule has 0 saturated heterocycles. The summed E-state index contributed by atoms with van der Waals surface area (Å²) in [4.78, 5) is 0. The molecular formula is C10H12NO2Y-. The number of hydrogen-bond acceptors (Lipinski definition) is 2. The monoisotopic (exact) mass is 267 g/mol. The molecule has 0 spiro atoms. The molecule has 1 heterocycles. The second-order valence-electron chi connectivity index (χ2n) is 2.49. The smallest absolute Gasteiger partial charge is 0.132 e. The normalized spacial score (nSPS) is 8.71. The molecule has 1 radical (unpaired) electrons. The van der Waals surface area contributed by atoms with E-state index in [4.69, 9.17) is 15.3 Å². The maximum Gasteiger partial charge on any atom is 0.132 e. The molecule has 1 aromatic heterocycles. The Morgan fingerprint density at radius 2 is 2.00 bits per heavy atom. The number of aliphatic hydroxyl groups is 1. The summed E-state index contributed by atoms with van der Waals surface area (Å²) in [7, 11) is 0. The van der Waals surface area contributed by atoms with E-state index >= 15 is 0 Å². The molecule has 0 bridgehead atoms. The second kappa shape index (κ2) is 6.99. The molecule has 73 valence electrons. The van der Waals surface area contributed by atoms with Crippen LogP contribution in [-0.2, 0) is 32.7 Å². The van der Waals surface area contributed by atoms with Crippen LogP contribution in [0, 0.1) is 0 Å². The van der Waals surface area contributed by atoms with Gasteiger partial charge in [0.05, 0.1) is 6.26 Å². The SMILES string of the molecule is CCO.[NH-]c1ccc2ccoc2c1.[Y]. The molecule has 2 rings (SSSR count). The topological polar surface area (TPSA) is 57.2 Å². The fourth-order valence-electron chi connectivity index (χ4n) is 0.955. The summed E-state index contributed by atoms with van der Waals surface area (Å²) in [6, 6.07) is 7.21. The van der Waals surface area contributed by atoms with Gasteiger partial charge in [-0.25, -0.2) is 0 Å². The Bertz CT molecular complexity index is 373. The van der Waals surface area contributed by atoms with Crippen LogP contribution in [0.15, 0.2) is 34.9 Å². The van der Waals surface area contributed by atoms with Gasteiger partial charge in [0.15, 0.2) is 0 Å². The average molecular weight is 267 g/mol. The van der Waals surface area contributed by atoms with Crippen LogP contribution in [0.5, 0.6) is 0 Å². The van der Waals surface area contributed by atoms with Crippen LogP contribution in [0.1, 0.15) is 6.92 Å². The van der Waals surface area contributed by atoms with Crippen molar-refractivity contribution in [3.63, 3.8) is 0 Å². The fraction of sp³-hybridized carbons (Fsp3) is 0.200. The minimum absolute atomic E-state index is 0. The molecular weight excluding hydrogens is 255 g/mol. The molecule has 4 heteroatoms. The molecule has 0 atom stereocenters. The predicted octanol–water partition coefficient (Wildman–Crippen LogP) is 3.11. The number of hydrogen-bond donors (Lipinski definition) is 1. The summed E-state index contributed by atoms with van der Waals surface area (Å²) in [5.74, 6) is 0. The number of rotatable bonds is 0. The Morgan fingerprint density at radius 1 is 1.36 bits per heavy atom. The zero-order valence-corrected chi connectivity index (χ0v) is 10.9. The molecule has 3 nitrogen and oxygen atoms in total. The van der Waals surface area contributed by atoms with E-state index in [9.17, 15) is 0 Å². The van der Waals surface area contributed by atoms with Crippen molar-refractivity contribution in [2.45, 2.75) is 6.92 Å². The Morgan fingerprint density at radius 3 is 2.64 bits per heavy atom. The minimum Gasteiger partial charge on any atom is -0.699 e. The first kappa shape index (κ1) is 13.6. The summed E-state index contributed by atoms with van der Waals surface area (Å²) >= 11 is 0. The van der Waals surface area contributed by atoms with Crippen molar-refractivity contribution in [1.82, 2.24) is 0 Å². The van der Waals surface area contributed by atoms with Crippen LogP contribution in [-0.4, -0.2) is 11.7 Å². The van der Waals surface area contributed by atoms with Crippen molar-refractivity contribution in [3.8, 4) is 0 Å². The first-order valence-corrected chi connectivity index (χ1v) is 4.07. The predicted molar refractivity (Wildman–Crippen MR) is 53.0 cm³/mol. The number of nitrogens with one attached hydrogen (secondary N) is 1. The van der Waals surface area contributed by atoms with Crippen LogP contribution in [0.2, 0.25) is 0 Å². The second-order valence-corrected chi connectivity index (χ2v) is 2.49. The molecule has 0 aliphatic carbocycles. The van der Waals surface area contributed by atoms with Crippen molar-refractivity contribution < 1.29 is 42.2 Å². The van der Waals surface area contributed by atoms with Gasteiger partial charge in [-0.2, -0.15) is 0 Å². The van der Waals surface area contributed by atoms with Crippen molar-refractivity contribution in [1.29, 1.82) is 0 Å². The van der Waals surface area contributed by atoms with Gasteiger partial charge in [-0.1, -0.05) is 12.1 Å². The molecule has 2 aromatic rings. The summed E-state index contributed by atoms with van der Waals surface area (Å²) in [6.07, 6.45) is 1.63. The molecule has 0 unspecified atom stereocenters. The number of fused-ring (bicyclic) bond motifs is 1. The summed E-state index contributed by atoms with van der Waals surface area (Å²) in [6.45, 7) is 1.93. The quantitative estimate of drug-likeness (QED) is 0.797. The number of furan rings is 1. The Labute approximate surface area is 108 Å². The molecule has 0 aliphatic rings. The molecule has 0 fully saturated rings. The third-order valence-corrected chi connectivity index (χ3v) is 1.46. The van der Waals surface area contributed by atoms with E-state index in [0.717, 1.165) is 11.0 Å². The van der Waals surface area contributed by atoms with Crippen LogP contribution >= 0.6 is 0 Å². The maximum absolute atomic E-state index is 7.57. The van der Waals surface area contributed by atoms with Crippen LogP contribution < -0.4 is 0 Å². The first-order chi connectivity index (χ1) is 6.27. The van der Waals surface area contributed by atoms with E-state index in [0.29, 0.717) is 5.69 Å². The minimum atomic E-state index is 0. The van der Waals surface area contributed by atoms with Gasteiger partial charge in [0, 0.05) is 44.7 Å². The standard InChI is InChI=1S/C8H6NO.C2H6O.Y/c9-7-2-1-6-3-4-10-8(6)5-7;1-2-3;/h1-5,9H;3H,2H2,1H3;/q-1;;. The third-order valence-electron chi connectivity index (χ3n) is 1.46. The Hall–Kier alpha value is -0.376. The van der Waals surface area contributed by atoms with Gasteiger partial charge in [0.1, 0.15) is 5.58 Å². The van der Waals surface area contributed by atoms with E-state index in [1.165, 1.54) is 0 Å². The van der Waals surface area contributed by atoms with Crippen LogP contribution in [0.25, 0.3) is 16.7 Å². The zero-order valence-electron chi connectivity index (χ0n) is 8.03. The zero-order chi connectivity index (χ0) is 9.68. The van der Waals surface area contributed by atoms with Crippen molar-refractivity contribution in [3.05, 3.63) is 36.3 Å². The van der Waals surface area contributed by atoms with E-state index in [-0.39, 0.29) is 39.3 Å². The number of aliphatic hydroxyl groups excluding tert-OH is 1. The Balaban J connectivity index is 0.000000381. The van der Waals surface area contributed by atoms with E-state index in [1.807, 2.05) is 12.1 Å². The number of benzene rings is 1. The molecule has 1 aromatic carbocycles. The third kappa shape index (κ3) is 3.78. The van der Waals surface area contributed by atoms with Gasteiger partial charge >= 0.3 is 0 Å². The summed E-state index contributed by atoms with van der Waals surface area (Å²) < 4.78 is 5.08. The van der Waals surface area contributed by atoms with Gasteiger partial charge in [-0.05, 0) is 19.1 Å². The van der Waals surface area contributed by atoms with E-state index in [2.05, 4.69) is 0 Å². The van der Waals surface area contributed by atoms with Gasteiger partial charge < -0.3 is 15.3 Å². The molecule has 0 aliphatic heterocycles. The summed E-state index contributed by atoms with van der Waals surface area (Å²) in [5.41, 5.74) is 8.53. The molecule has 14 heavy (non-hydrogen) atoms. The van der Waals surface area contributed by atoms with Crippen LogP contribution in [0.3, 0.4) is 0 Å². The van der Waals surface area contributed by atoms with Crippen molar-refractivity contribution in [2.75, 3.05) is 6.61 Å². The summed E-state index contributed by atoms with van der Waals surface area (Å²) in [5, 5.41) is 8.62. The van der Waals surface area contributed by atoms with Gasteiger partial charge in [0.2, 0.25) is 0 Å². The Kier molecular flexibility index (Phi) is 6.80.